The number of hydrogen-bond acceptors (Lipinski definition) is 7. The zero-order valence-electron chi connectivity index (χ0n) is 10.5. The zero-order valence-corrected chi connectivity index (χ0v) is 10.5. The summed E-state index contributed by atoms with van der Waals surface area (Å²) in [5.74, 6) is -1.43. The summed E-state index contributed by atoms with van der Waals surface area (Å²) in [6.45, 7) is 4.23. The van der Waals surface area contributed by atoms with Crippen molar-refractivity contribution >= 4 is 5.97 Å². The van der Waals surface area contributed by atoms with E-state index in [1.807, 2.05) is 0 Å². The topological polar surface area (TPSA) is 94.5 Å². The fourth-order valence-electron chi connectivity index (χ4n) is 2.22. The zero-order chi connectivity index (χ0) is 13.5. The Morgan fingerprint density at radius 1 is 1.39 bits per heavy atom. The van der Waals surface area contributed by atoms with Crippen LogP contribution in [0.3, 0.4) is 0 Å². The molecule has 18 heavy (non-hydrogen) atoms. The fourth-order valence-corrected chi connectivity index (χ4v) is 2.22. The number of fused-ring (bicyclic) bond motifs is 1. The minimum Gasteiger partial charge on any atom is -0.457 e. The molecule has 0 unspecified atom stereocenters. The van der Waals surface area contributed by atoms with Crippen LogP contribution in [-0.2, 0) is 23.7 Å². The molecule has 5 atom stereocenters. The molecule has 2 fully saturated rings. The van der Waals surface area contributed by atoms with Crippen LogP contribution in [0, 0.1) is 0 Å². The molecule has 0 aromatic rings. The predicted molar refractivity (Wildman–Crippen MR) is 57.3 cm³/mol. The maximum absolute atomic E-state index is 11.1. The molecule has 2 N–H and O–H groups in total. The van der Waals surface area contributed by atoms with E-state index >= 15 is 0 Å². The van der Waals surface area contributed by atoms with Crippen LogP contribution in [0.2, 0.25) is 0 Å². The molecule has 104 valence electrons. The Morgan fingerprint density at radius 2 is 2.06 bits per heavy atom. The van der Waals surface area contributed by atoms with Gasteiger partial charge in [-0.1, -0.05) is 0 Å². The standard InChI is InChI=1S/C11H18O7/c1-5(13)15-8-7(14)6(4-12)16-10-9(8)17-11(2,3)18-10/h6-10,12,14H,4H2,1-3H3/t6-,7-,8+,9-,10-/m1/s1. The van der Waals surface area contributed by atoms with Gasteiger partial charge in [0.1, 0.15) is 12.2 Å². The maximum Gasteiger partial charge on any atom is 0.303 e. The molecule has 0 aliphatic carbocycles. The molecule has 0 spiro atoms. The lowest BCUT2D eigenvalue weighted by atomic mass is 9.99. The molecule has 7 heteroatoms. The average Bonchev–Trinajstić information content (AvgIpc) is 2.56. The molecule has 0 aromatic heterocycles. The van der Waals surface area contributed by atoms with E-state index < -0.39 is 49.1 Å². The number of hydrogen-bond donors (Lipinski definition) is 2. The van der Waals surface area contributed by atoms with Gasteiger partial charge in [0, 0.05) is 6.92 Å². The molecule has 7 nitrogen and oxygen atoms in total. The van der Waals surface area contributed by atoms with E-state index in [-0.39, 0.29) is 0 Å². The lowest BCUT2D eigenvalue weighted by Gasteiger charge is -2.38. The van der Waals surface area contributed by atoms with Crippen LogP contribution < -0.4 is 0 Å². The van der Waals surface area contributed by atoms with E-state index in [2.05, 4.69) is 0 Å². The van der Waals surface area contributed by atoms with Gasteiger partial charge in [-0.3, -0.25) is 4.79 Å². The third-order valence-corrected chi connectivity index (χ3v) is 2.92. The summed E-state index contributed by atoms with van der Waals surface area (Å²) in [5, 5.41) is 19.1. The van der Waals surface area contributed by atoms with Crippen LogP contribution in [-0.4, -0.2) is 59.3 Å². The van der Waals surface area contributed by atoms with Crippen molar-refractivity contribution in [3.05, 3.63) is 0 Å². The Bertz CT molecular complexity index is 329. The van der Waals surface area contributed by atoms with Crippen molar-refractivity contribution in [2.75, 3.05) is 6.61 Å². The molecule has 0 bridgehead atoms. The summed E-state index contributed by atoms with van der Waals surface area (Å²) in [6.07, 6.45) is -4.42. The van der Waals surface area contributed by atoms with Crippen LogP contribution in [0.4, 0.5) is 0 Å². The van der Waals surface area contributed by atoms with Gasteiger partial charge in [-0.2, -0.15) is 0 Å². The van der Waals surface area contributed by atoms with Crippen molar-refractivity contribution in [3.63, 3.8) is 0 Å². The van der Waals surface area contributed by atoms with E-state index in [1.54, 1.807) is 13.8 Å². The molecule has 2 heterocycles. The van der Waals surface area contributed by atoms with Crippen molar-refractivity contribution in [1.29, 1.82) is 0 Å². The lowest BCUT2D eigenvalue weighted by Crippen LogP contribution is -2.58. The number of rotatable bonds is 2. The maximum atomic E-state index is 11.1. The molecule has 2 saturated heterocycles. The summed E-state index contributed by atoms with van der Waals surface area (Å²) < 4.78 is 21.5. The molecule has 2 aliphatic rings. The Kier molecular flexibility index (Phi) is 3.61. The summed E-state index contributed by atoms with van der Waals surface area (Å²) in [5.41, 5.74) is 0. The molecule has 2 rings (SSSR count). The van der Waals surface area contributed by atoms with Gasteiger partial charge < -0.3 is 29.2 Å². The summed E-state index contributed by atoms with van der Waals surface area (Å²) in [6, 6.07) is 0. The first-order valence-corrected chi connectivity index (χ1v) is 5.81. The summed E-state index contributed by atoms with van der Waals surface area (Å²) in [4.78, 5) is 11.1. The molecule has 0 saturated carbocycles. The first kappa shape index (κ1) is 13.7. The van der Waals surface area contributed by atoms with Crippen molar-refractivity contribution in [1.82, 2.24) is 0 Å². The van der Waals surface area contributed by atoms with Gasteiger partial charge in [0.05, 0.1) is 6.61 Å². The first-order valence-electron chi connectivity index (χ1n) is 5.81. The van der Waals surface area contributed by atoms with E-state index in [1.165, 1.54) is 6.92 Å². The minimum absolute atomic E-state index is 0.397. The second kappa shape index (κ2) is 4.75. The summed E-state index contributed by atoms with van der Waals surface area (Å²) in [7, 11) is 0. The van der Waals surface area contributed by atoms with Gasteiger partial charge in [-0.25, -0.2) is 0 Å². The summed E-state index contributed by atoms with van der Waals surface area (Å²) >= 11 is 0. The van der Waals surface area contributed by atoms with Crippen LogP contribution in [0.5, 0.6) is 0 Å². The number of carbonyl (C=O) groups is 1. The predicted octanol–water partition coefficient (Wildman–Crippen LogP) is -0.852. The van der Waals surface area contributed by atoms with E-state index in [0.717, 1.165) is 0 Å². The third-order valence-electron chi connectivity index (χ3n) is 2.92. The van der Waals surface area contributed by atoms with E-state index in [0.29, 0.717) is 0 Å². The van der Waals surface area contributed by atoms with Crippen LogP contribution >= 0.6 is 0 Å². The van der Waals surface area contributed by atoms with Gasteiger partial charge in [0.15, 0.2) is 24.3 Å². The van der Waals surface area contributed by atoms with Crippen molar-refractivity contribution in [2.24, 2.45) is 0 Å². The SMILES string of the molecule is CC(=O)O[C@H]1[C@H](O)[C@@H](CO)O[C@@H]2OC(C)(C)O[C@@H]21. The molecule has 2 aliphatic heterocycles. The Labute approximate surface area is 105 Å². The van der Waals surface area contributed by atoms with Gasteiger partial charge >= 0.3 is 5.97 Å². The van der Waals surface area contributed by atoms with Gasteiger partial charge in [0.25, 0.3) is 0 Å². The van der Waals surface area contributed by atoms with E-state index in [4.69, 9.17) is 24.1 Å². The molecule has 0 amide bonds. The largest absolute Gasteiger partial charge is 0.457 e. The normalized spacial score (nSPS) is 42.4. The lowest BCUT2D eigenvalue weighted by molar-refractivity contribution is -0.260. The molecular formula is C11H18O7. The van der Waals surface area contributed by atoms with Gasteiger partial charge in [-0.15, -0.1) is 0 Å². The Hall–Kier alpha value is -0.730. The highest BCUT2D eigenvalue weighted by molar-refractivity contribution is 5.66. The Balaban J connectivity index is 2.20. The number of aliphatic hydroxyl groups is 2. The van der Waals surface area contributed by atoms with Crippen molar-refractivity contribution < 1.29 is 34.0 Å². The van der Waals surface area contributed by atoms with Crippen LogP contribution in [0.25, 0.3) is 0 Å². The molecular weight excluding hydrogens is 244 g/mol. The molecule has 0 aromatic carbocycles. The smallest absolute Gasteiger partial charge is 0.303 e. The second-order valence-electron chi connectivity index (χ2n) is 4.89. The molecule has 0 radical (unpaired) electrons. The number of aliphatic hydroxyl groups excluding tert-OH is 2. The average molecular weight is 262 g/mol. The van der Waals surface area contributed by atoms with Gasteiger partial charge in [0.2, 0.25) is 0 Å². The van der Waals surface area contributed by atoms with Gasteiger partial charge in [-0.05, 0) is 13.8 Å². The first-order chi connectivity index (χ1) is 8.34. The van der Waals surface area contributed by atoms with Crippen molar-refractivity contribution in [2.45, 2.75) is 57.3 Å². The van der Waals surface area contributed by atoms with Crippen LogP contribution in [0.1, 0.15) is 20.8 Å². The second-order valence-corrected chi connectivity index (χ2v) is 4.89. The highest BCUT2D eigenvalue weighted by Crippen LogP contribution is 2.37. The minimum atomic E-state index is -1.15. The Morgan fingerprint density at radius 3 is 2.61 bits per heavy atom. The van der Waals surface area contributed by atoms with Crippen LogP contribution in [0.15, 0.2) is 0 Å². The third kappa shape index (κ3) is 2.50. The number of ether oxygens (including phenoxy) is 4. The quantitative estimate of drug-likeness (QED) is 0.626. The van der Waals surface area contributed by atoms with E-state index in [9.17, 15) is 9.90 Å². The van der Waals surface area contributed by atoms with Crippen molar-refractivity contribution in [3.8, 4) is 0 Å². The monoisotopic (exact) mass is 262 g/mol. The fraction of sp³-hybridized carbons (Fsp3) is 0.909. The number of carbonyl (C=O) groups excluding carboxylic acids is 1. The number of esters is 1. The highest BCUT2D eigenvalue weighted by atomic mass is 16.8. The highest BCUT2D eigenvalue weighted by Gasteiger charge is 2.55.